The van der Waals surface area contributed by atoms with Crippen LogP contribution in [0.3, 0.4) is 0 Å². The number of nitriles is 1. The SMILES string of the molecule is CCCc1c(C#N)nnn1-c1ccc(Cl)c([N+](=O)[O-])c1. The van der Waals surface area contributed by atoms with E-state index in [9.17, 15) is 10.1 Å². The van der Waals surface area contributed by atoms with Crippen molar-refractivity contribution in [2.45, 2.75) is 19.8 Å². The molecule has 0 saturated carbocycles. The van der Waals surface area contributed by atoms with Crippen molar-refractivity contribution in [3.05, 3.63) is 44.7 Å². The molecule has 2 rings (SSSR count). The second-order valence-electron chi connectivity index (χ2n) is 4.05. The van der Waals surface area contributed by atoms with Crippen LogP contribution < -0.4 is 0 Å². The van der Waals surface area contributed by atoms with Crippen molar-refractivity contribution in [2.75, 3.05) is 0 Å². The topological polar surface area (TPSA) is 97.6 Å². The molecule has 0 amide bonds. The number of hydrogen-bond acceptors (Lipinski definition) is 5. The van der Waals surface area contributed by atoms with Crippen LogP contribution in [0.15, 0.2) is 18.2 Å². The minimum Gasteiger partial charge on any atom is -0.258 e. The van der Waals surface area contributed by atoms with Crippen LogP contribution in [-0.4, -0.2) is 19.9 Å². The maximum atomic E-state index is 10.9. The highest BCUT2D eigenvalue weighted by molar-refractivity contribution is 6.32. The number of nitro groups is 1. The van der Waals surface area contributed by atoms with Crippen molar-refractivity contribution in [3.8, 4) is 11.8 Å². The van der Waals surface area contributed by atoms with Crippen molar-refractivity contribution in [1.29, 1.82) is 5.26 Å². The maximum absolute atomic E-state index is 10.9. The molecule has 7 nitrogen and oxygen atoms in total. The molecule has 20 heavy (non-hydrogen) atoms. The summed E-state index contributed by atoms with van der Waals surface area (Å²) in [7, 11) is 0. The predicted octanol–water partition coefficient (Wildman–Crippen LogP) is 2.65. The van der Waals surface area contributed by atoms with Crippen LogP contribution >= 0.6 is 11.6 Å². The fourth-order valence-electron chi connectivity index (χ4n) is 1.83. The smallest absolute Gasteiger partial charge is 0.258 e. The highest BCUT2D eigenvalue weighted by Crippen LogP contribution is 2.27. The molecule has 0 radical (unpaired) electrons. The number of nitro benzene ring substituents is 1. The minimum atomic E-state index is -0.562. The van der Waals surface area contributed by atoms with Gasteiger partial charge in [-0.1, -0.05) is 30.2 Å². The lowest BCUT2D eigenvalue weighted by Crippen LogP contribution is -2.04. The normalized spacial score (nSPS) is 10.2. The van der Waals surface area contributed by atoms with Gasteiger partial charge in [0, 0.05) is 6.07 Å². The predicted molar refractivity (Wildman–Crippen MR) is 71.7 cm³/mol. The molecule has 0 atom stereocenters. The summed E-state index contributed by atoms with van der Waals surface area (Å²) in [4.78, 5) is 10.3. The molecule has 0 unspecified atom stereocenters. The van der Waals surface area contributed by atoms with Gasteiger partial charge in [-0.3, -0.25) is 10.1 Å². The van der Waals surface area contributed by atoms with E-state index in [4.69, 9.17) is 16.9 Å². The zero-order valence-corrected chi connectivity index (χ0v) is 11.3. The Morgan fingerprint density at radius 2 is 2.30 bits per heavy atom. The zero-order valence-electron chi connectivity index (χ0n) is 10.6. The second-order valence-corrected chi connectivity index (χ2v) is 4.46. The first-order valence-corrected chi connectivity index (χ1v) is 6.25. The van der Waals surface area contributed by atoms with Gasteiger partial charge in [0.1, 0.15) is 11.1 Å². The molecule has 0 saturated heterocycles. The van der Waals surface area contributed by atoms with Gasteiger partial charge in [-0.15, -0.1) is 5.10 Å². The number of aromatic nitrogens is 3. The largest absolute Gasteiger partial charge is 0.290 e. The molecule has 8 heteroatoms. The monoisotopic (exact) mass is 291 g/mol. The molecule has 0 bridgehead atoms. The van der Waals surface area contributed by atoms with Crippen molar-refractivity contribution < 1.29 is 4.92 Å². The molecule has 0 fully saturated rings. The van der Waals surface area contributed by atoms with Crippen LogP contribution in [0.5, 0.6) is 0 Å². The maximum Gasteiger partial charge on any atom is 0.290 e. The van der Waals surface area contributed by atoms with Crippen LogP contribution in [0.25, 0.3) is 5.69 Å². The third kappa shape index (κ3) is 2.46. The molecule has 1 aromatic heterocycles. The standard InChI is InChI=1S/C12H10ClN5O2/c1-2-3-11-10(7-14)15-16-17(11)8-4-5-9(13)12(6-8)18(19)20/h4-6H,2-3H2,1H3. The van der Waals surface area contributed by atoms with Gasteiger partial charge < -0.3 is 0 Å². The highest BCUT2D eigenvalue weighted by atomic mass is 35.5. The zero-order chi connectivity index (χ0) is 14.7. The van der Waals surface area contributed by atoms with Crippen molar-refractivity contribution >= 4 is 17.3 Å². The van der Waals surface area contributed by atoms with E-state index in [1.54, 1.807) is 6.07 Å². The fraction of sp³-hybridized carbons (Fsp3) is 0.250. The van der Waals surface area contributed by atoms with Crippen LogP contribution in [0.1, 0.15) is 24.7 Å². The summed E-state index contributed by atoms with van der Waals surface area (Å²) < 4.78 is 1.44. The van der Waals surface area contributed by atoms with E-state index in [0.717, 1.165) is 6.42 Å². The molecule has 0 aliphatic rings. The molecule has 1 heterocycles. The number of halogens is 1. The van der Waals surface area contributed by atoms with Crippen molar-refractivity contribution in [2.24, 2.45) is 0 Å². The lowest BCUT2D eigenvalue weighted by Gasteiger charge is -2.06. The Kier molecular flexibility index (Phi) is 3.96. The van der Waals surface area contributed by atoms with Gasteiger partial charge in [0.15, 0.2) is 5.69 Å². The van der Waals surface area contributed by atoms with Crippen molar-refractivity contribution in [1.82, 2.24) is 15.0 Å². The van der Waals surface area contributed by atoms with Gasteiger partial charge in [0.2, 0.25) is 0 Å². The first-order valence-electron chi connectivity index (χ1n) is 5.87. The van der Waals surface area contributed by atoms with Gasteiger partial charge in [0.25, 0.3) is 5.69 Å². The van der Waals surface area contributed by atoms with Crippen LogP contribution in [0.4, 0.5) is 5.69 Å². The Morgan fingerprint density at radius 3 is 2.90 bits per heavy atom. The van der Waals surface area contributed by atoms with E-state index in [-0.39, 0.29) is 16.4 Å². The average Bonchev–Trinajstić information content (AvgIpc) is 2.82. The second kappa shape index (κ2) is 5.67. The Balaban J connectivity index is 2.57. The molecular weight excluding hydrogens is 282 g/mol. The molecule has 0 aliphatic carbocycles. The lowest BCUT2D eigenvalue weighted by molar-refractivity contribution is -0.384. The van der Waals surface area contributed by atoms with Crippen LogP contribution in [-0.2, 0) is 6.42 Å². The Hall–Kier alpha value is -2.46. The average molecular weight is 292 g/mol. The number of rotatable bonds is 4. The Labute approximate surface area is 119 Å². The van der Waals surface area contributed by atoms with Gasteiger partial charge >= 0.3 is 0 Å². The molecule has 0 spiro atoms. The third-order valence-electron chi connectivity index (χ3n) is 2.73. The van der Waals surface area contributed by atoms with E-state index in [0.29, 0.717) is 17.8 Å². The third-order valence-corrected chi connectivity index (χ3v) is 3.05. The molecule has 0 N–H and O–H groups in total. The Bertz CT molecular complexity index is 704. The van der Waals surface area contributed by atoms with Gasteiger partial charge in [-0.25, -0.2) is 4.68 Å². The molecule has 1 aromatic carbocycles. The van der Waals surface area contributed by atoms with E-state index >= 15 is 0 Å². The molecule has 102 valence electrons. The number of hydrogen-bond donors (Lipinski definition) is 0. The summed E-state index contributed by atoms with van der Waals surface area (Å²) in [6.07, 6.45) is 1.41. The Morgan fingerprint density at radius 1 is 1.55 bits per heavy atom. The fourth-order valence-corrected chi connectivity index (χ4v) is 2.02. The molecule has 2 aromatic rings. The number of nitrogens with zero attached hydrogens (tertiary/aromatic N) is 5. The van der Waals surface area contributed by atoms with E-state index < -0.39 is 4.92 Å². The van der Waals surface area contributed by atoms with Crippen LogP contribution in [0, 0.1) is 21.4 Å². The summed E-state index contributed by atoms with van der Waals surface area (Å²) in [5, 5.41) is 27.6. The van der Waals surface area contributed by atoms with Gasteiger partial charge in [0.05, 0.1) is 16.3 Å². The summed E-state index contributed by atoms with van der Waals surface area (Å²) in [6.45, 7) is 1.96. The first-order chi connectivity index (χ1) is 9.58. The van der Waals surface area contributed by atoms with Crippen LogP contribution in [0.2, 0.25) is 5.02 Å². The van der Waals surface area contributed by atoms with E-state index in [2.05, 4.69) is 10.3 Å². The van der Waals surface area contributed by atoms with E-state index in [1.165, 1.54) is 16.8 Å². The van der Waals surface area contributed by atoms with Gasteiger partial charge in [-0.05, 0) is 18.6 Å². The first kappa shape index (κ1) is 14.0. The van der Waals surface area contributed by atoms with Gasteiger partial charge in [-0.2, -0.15) is 5.26 Å². The summed E-state index contributed by atoms with van der Waals surface area (Å²) in [5.41, 5.74) is 1.11. The highest BCUT2D eigenvalue weighted by Gasteiger charge is 2.18. The minimum absolute atomic E-state index is 0.0522. The summed E-state index contributed by atoms with van der Waals surface area (Å²) in [6, 6.07) is 6.31. The lowest BCUT2D eigenvalue weighted by atomic mass is 10.2. The molecular formula is C12H10ClN5O2. The summed E-state index contributed by atoms with van der Waals surface area (Å²) in [5.74, 6) is 0. The quantitative estimate of drug-likeness (QED) is 0.637. The number of benzene rings is 1. The summed E-state index contributed by atoms with van der Waals surface area (Å²) >= 11 is 5.77. The van der Waals surface area contributed by atoms with E-state index in [1.807, 2.05) is 13.0 Å². The molecule has 0 aliphatic heterocycles. The van der Waals surface area contributed by atoms with Crippen molar-refractivity contribution in [3.63, 3.8) is 0 Å².